The van der Waals surface area contributed by atoms with Crippen molar-refractivity contribution in [3.8, 4) is 11.8 Å². The van der Waals surface area contributed by atoms with Gasteiger partial charge in [0, 0.05) is 22.8 Å². The first-order valence-corrected chi connectivity index (χ1v) is 5.75. The molecule has 1 aromatic heterocycles. The molecule has 0 saturated carbocycles. The summed E-state index contributed by atoms with van der Waals surface area (Å²) in [5, 5.41) is 1.04. The predicted octanol–water partition coefficient (Wildman–Crippen LogP) is 3.35. The molecule has 0 aliphatic carbocycles. The van der Waals surface area contributed by atoms with Crippen LogP contribution >= 0.6 is 27.7 Å². The van der Waals surface area contributed by atoms with Crippen LogP contribution in [0, 0.1) is 11.8 Å². The van der Waals surface area contributed by atoms with Gasteiger partial charge in [0.2, 0.25) is 0 Å². The van der Waals surface area contributed by atoms with Crippen LogP contribution in [0.3, 0.4) is 0 Å². The van der Waals surface area contributed by atoms with E-state index in [0.717, 1.165) is 21.7 Å². The van der Waals surface area contributed by atoms with Gasteiger partial charge in [-0.15, -0.1) is 23.6 Å². The third-order valence-electron chi connectivity index (χ3n) is 1.37. The number of hydrogen-bond acceptors (Lipinski definition) is 2. The highest BCUT2D eigenvalue weighted by Crippen LogP contribution is 2.24. The van der Waals surface area contributed by atoms with E-state index in [1.165, 1.54) is 0 Å². The SMILES string of the molecule is CC#CCCSc1ncccc1Br. The normalized spacial score (nSPS) is 9.08. The van der Waals surface area contributed by atoms with E-state index in [2.05, 4.69) is 32.8 Å². The first kappa shape index (κ1) is 10.6. The lowest BCUT2D eigenvalue weighted by Crippen LogP contribution is -1.82. The molecule has 0 aliphatic rings. The fraction of sp³-hybridized carbons (Fsp3) is 0.300. The van der Waals surface area contributed by atoms with Crippen molar-refractivity contribution >= 4 is 27.7 Å². The lowest BCUT2D eigenvalue weighted by molar-refractivity contribution is 1.10. The first-order chi connectivity index (χ1) is 6.34. The zero-order chi connectivity index (χ0) is 9.52. The fourth-order valence-corrected chi connectivity index (χ4v) is 2.14. The molecule has 0 fully saturated rings. The highest BCUT2D eigenvalue weighted by molar-refractivity contribution is 9.10. The van der Waals surface area contributed by atoms with Crippen molar-refractivity contribution in [1.82, 2.24) is 4.98 Å². The second-order valence-corrected chi connectivity index (χ2v) is 4.25. The van der Waals surface area contributed by atoms with E-state index in [0.29, 0.717) is 0 Å². The van der Waals surface area contributed by atoms with Gasteiger partial charge in [0.25, 0.3) is 0 Å². The molecule has 1 rings (SSSR count). The van der Waals surface area contributed by atoms with Gasteiger partial charge in [-0.05, 0) is 35.0 Å². The lowest BCUT2D eigenvalue weighted by atomic mass is 10.5. The van der Waals surface area contributed by atoms with Crippen molar-refractivity contribution in [1.29, 1.82) is 0 Å². The Labute approximate surface area is 91.5 Å². The van der Waals surface area contributed by atoms with Crippen molar-refractivity contribution in [2.75, 3.05) is 5.75 Å². The van der Waals surface area contributed by atoms with Crippen LogP contribution in [-0.4, -0.2) is 10.7 Å². The van der Waals surface area contributed by atoms with Crippen LogP contribution in [-0.2, 0) is 0 Å². The molecule has 68 valence electrons. The van der Waals surface area contributed by atoms with Gasteiger partial charge in [0.05, 0.1) is 0 Å². The van der Waals surface area contributed by atoms with E-state index in [1.54, 1.807) is 18.0 Å². The summed E-state index contributed by atoms with van der Waals surface area (Å²) in [4.78, 5) is 4.24. The van der Waals surface area contributed by atoms with Crippen LogP contribution in [0.15, 0.2) is 27.8 Å². The summed E-state index contributed by atoms with van der Waals surface area (Å²) in [7, 11) is 0. The second kappa shape index (κ2) is 6.06. The van der Waals surface area contributed by atoms with Crippen LogP contribution in [0.5, 0.6) is 0 Å². The molecule has 0 aromatic carbocycles. The molecule has 0 saturated heterocycles. The third kappa shape index (κ3) is 3.84. The zero-order valence-corrected chi connectivity index (χ0v) is 9.78. The van der Waals surface area contributed by atoms with E-state index in [9.17, 15) is 0 Å². The van der Waals surface area contributed by atoms with E-state index >= 15 is 0 Å². The van der Waals surface area contributed by atoms with Gasteiger partial charge in [-0.1, -0.05) is 0 Å². The molecule has 0 unspecified atom stereocenters. The largest absolute Gasteiger partial charge is 0.249 e. The van der Waals surface area contributed by atoms with E-state index in [4.69, 9.17) is 0 Å². The van der Waals surface area contributed by atoms with E-state index in [1.807, 2.05) is 19.1 Å². The topological polar surface area (TPSA) is 12.9 Å². The smallest absolute Gasteiger partial charge is 0.110 e. The number of hydrogen-bond donors (Lipinski definition) is 0. The minimum absolute atomic E-state index is 0.921. The highest BCUT2D eigenvalue weighted by atomic mass is 79.9. The van der Waals surface area contributed by atoms with Gasteiger partial charge in [0.15, 0.2) is 0 Å². The van der Waals surface area contributed by atoms with Crippen molar-refractivity contribution in [3.05, 3.63) is 22.8 Å². The standard InChI is InChI=1S/C10H10BrNS/c1-2-3-4-8-13-10-9(11)6-5-7-12-10/h5-7H,4,8H2,1H3. The molecule has 0 N–H and O–H groups in total. The maximum Gasteiger partial charge on any atom is 0.110 e. The monoisotopic (exact) mass is 255 g/mol. The Balaban J connectivity index is 2.44. The molecule has 13 heavy (non-hydrogen) atoms. The molecule has 1 nitrogen and oxygen atoms in total. The van der Waals surface area contributed by atoms with Gasteiger partial charge < -0.3 is 0 Å². The zero-order valence-electron chi connectivity index (χ0n) is 7.38. The summed E-state index contributed by atoms with van der Waals surface area (Å²) in [5.41, 5.74) is 0. The van der Waals surface area contributed by atoms with Gasteiger partial charge >= 0.3 is 0 Å². The quantitative estimate of drug-likeness (QED) is 0.467. The Hall–Kier alpha value is -0.460. The molecule has 0 amide bonds. The van der Waals surface area contributed by atoms with Crippen molar-refractivity contribution in [2.24, 2.45) is 0 Å². The van der Waals surface area contributed by atoms with E-state index in [-0.39, 0.29) is 0 Å². The summed E-state index contributed by atoms with van der Waals surface area (Å²) in [6.07, 6.45) is 2.72. The van der Waals surface area contributed by atoms with Crippen molar-refractivity contribution in [3.63, 3.8) is 0 Å². The molecule has 0 spiro atoms. The number of pyridine rings is 1. The van der Waals surface area contributed by atoms with Crippen LogP contribution in [0.25, 0.3) is 0 Å². The Morgan fingerprint density at radius 2 is 2.46 bits per heavy atom. The molecule has 0 radical (unpaired) electrons. The predicted molar refractivity (Wildman–Crippen MR) is 60.7 cm³/mol. The number of aromatic nitrogens is 1. The summed E-state index contributed by atoms with van der Waals surface area (Å²) >= 11 is 5.17. The highest BCUT2D eigenvalue weighted by Gasteiger charge is 1.98. The average Bonchev–Trinajstić information content (AvgIpc) is 2.15. The summed E-state index contributed by atoms with van der Waals surface area (Å²) < 4.78 is 1.06. The molecule has 1 aromatic rings. The molecular formula is C10H10BrNS. The lowest BCUT2D eigenvalue weighted by Gasteiger charge is -1.99. The van der Waals surface area contributed by atoms with Crippen LogP contribution in [0.1, 0.15) is 13.3 Å². The first-order valence-electron chi connectivity index (χ1n) is 3.97. The Morgan fingerprint density at radius 3 is 3.15 bits per heavy atom. The second-order valence-electron chi connectivity index (χ2n) is 2.32. The van der Waals surface area contributed by atoms with E-state index < -0.39 is 0 Å². The molecule has 1 heterocycles. The number of nitrogens with zero attached hydrogens (tertiary/aromatic N) is 1. The van der Waals surface area contributed by atoms with Crippen molar-refractivity contribution < 1.29 is 0 Å². The van der Waals surface area contributed by atoms with Gasteiger partial charge in [-0.2, -0.15) is 0 Å². The van der Waals surface area contributed by atoms with Crippen LogP contribution in [0.2, 0.25) is 0 Å². The average molecular weight is 256 g/mol. The Bertz CT molecular complexity index is 327. The Kier molecular flexibility index (Phi) is 4.95. The molecule has 0 aliphatic heterocycles. The molecule has 0 bridgehead atoms. The minimum Gasteiger partial charge on any atom is -0.249 e. The molecule has 0 atom stereocenters. The number of rotatable bonds is 3. The van der Waals surface area contributed by atoms with Gasteiger partial charge in [-0.3, -0.25) is 0 Å². The fourth-order valence-electron chi connectivity index (χ4n) is 0.801. The maximum atomic E-state index is 4.24. The number of thioether (sulfide) groups is 1. The summed E-state index contributed by atoms with van der Waals surface area (Å²) in [6, 6.07) is 3.92. The third-order valence-corrected chi connectivity index (χ3v) is 3.28. The van der Waals surface area contributed by atoms with Gasteiger partial charge in [0.1, 0.15) is 5.03 Å². The number of halogens is 1. The maximum absolute atomic E-state index is 4.24. The van der Waals surface area contributed by atoms with Crippen LogP contribution < -0.4 is 0 Å². The molecular weight excluding hydrogens is 246 g/mol. The molecule has 3 heteroatoms. The summed E-state index contributed by atoms with van der Waals surface area (Å²) in [5.74, 6) is 6.89. The minimum atomic E-state index is 0.921. The summed E-state index contributed by atoms with van der Waals surface area (Å²) in [6.45, 7) is 1.86. The van der Waals surface area contributed by atoms with Crippen LogP contribution in [0.4, 0.5) is 0 Å². The van der Waals surface area contributed by atoms with Gasteiger partial charge in [-0.25, -0.2) is 4.98 Å². The van der Waals surface area contributed by atoms with Crippen molar-refractivity contribution in [2.45, 2.75) is 18.4 Å². The Morgan fingerprint density at radius 1 is 1.62 bits per heavy atom.